The molecule has 70 valence electrons. The Labute approximate surface area is 74.3 Å². The maximum absolute atomic E-state index is 10.4. The van der Waals surface area contributed by atoms with E-state index >= 15 is 0 Å². The zero-order valence-corrected chi connectivity index (χ0v) is 8.13. The third-order valence-electron chi connectivity index (χ3n) is 1.70. The van der Waals surface area contributed by atoms with Crippen molar-refractivity contribution in [1.82, 2.24) is 0 Å². The van der Waals surface area contributed by atoms with Gasteiger partial charge in [-0.15, -0.1) is 0 Å². The fourth-order valence-electron chi connectivity index (χ4n) is 1.05. The van der Waals surface area contributed by atoms with E-state index in [4.69, 9.17) is 5.11 Å². The zero-order chi connectivity index (χ0) is 9.61. The number of hydrogen-bond acceptors (Lipinski definition) is 1. The molecule has 0 saturated carbocycles. The molecule has 0 aliphatic rings. The summed E-state index contributed by atoms with van der Waals surface area (Å²) in [7, 11) is 0. The van der Waals surface area contributed by atoms with E-state index in [0.29, 0.717) is 0 Å². The second-order valence-corrected chi connectivity index (χ2v) is 3.82. The summed E-state index contributed by atoms with van der Waals surface area (Å²) < 4.78 is 0. The first-order chi connectivity index (χ1) is 5.48. The highest BCUT2D eigenvalue weighted by atomic mass is 16.4. The zero-order valence-electron chi connectivity index (χ0n) is 8.13. The van der Waals surface area contributed by atoms with Crippen LogP contribution < -0.4 is 0 Å². The second-order valence-electron chi connectivity index (χ2n) is 3.82. The third-order valence-corrected chi connectivity index (χ3v) is 1.70. The first-order valence-electron chi connectivity index (χ1n) is 4.35. The highest BCUT2D eigenvalue weighted by Crippen LogP contribution is 2.25. The van der Waals surface area contributed by atoms with Crippen molar-refractivity contribution in [2.24, 2.45) is 5.41 Å². The van der Waals surface area contributed by atoms with Crippen LogP contribution in [0.2, 0.25) is 0 Å². The van der Waals surface area contributed by atoms with Gasteiger partial charge in [-0.25, -0.2) is 0 Å². The molecule has 12 heavy (non-hydrogen) atoms. The summed E-state index contributed by atoms with van der Waals surface area (Å²) in [4.78, 5) is 10.4. The molecule has 2 nitrogen and oxygen atoms in total. The number of rotatable bonds is 5. The van der Waals surface area contributed by atoms with Gasteiger partial charge in [-0.05, 0) is 18.3 Å². The lowest BCUT2D eigenvalue weighted by molar-refractivity contribution is -0.139. The van der Waals surface area contributed by atoms with E-state index in [2.05, 4.69) is 19.1 Å². The van der Waals surface area contributed by atoms with Gasteiger partial charge in [0.25, 0.3) is 0 Å². The number of allylic oxidation sites excluding steroid dienone is 2. The van der Waals surface area contributed by atoms with Crippen molar-refractivity contribution in [3.05, 3.63) is 12.2 Å². The van der Waals surface area contributed by atoms with Crippen molar-refractivity contribution in [3.63, 3.8) is 0 Å². The van der Waals surface area contributed by atoms with E-state index in [1.54, 1.807) is 0 Å². The van der Waals surface area contributed by atoms with Crippen LogP contribution >= 0.6 is 0 Å². The van der Waals surface area contributed by atoms with Crippen LogP contribution in [-0.4, -0.2) is 11.1 Å². The minimum absolute atomic E-state index is 0.114. The molecule has 0 aliphatic heterocycles. The van der Waals surface area contributed by atoms with Crippen molar-refractivity contribution >= 4 is 5.97 Å². The molecule has 0 spiro atoms. The predicted molar refractivity (Wildman–Crippen MR) is 50.1 cm³/mol. The molecule has 0 aromatic rings. The van der Waals surface area contributed by atoms with Gasteiger partial charge < -0.3 is 5.11 Å². The summed E-state index contributed by atoms with van der Waals surface area (Å²) >= 11 is 0. The van der Waals surface area contributed by atoms with Crippen LogP contribution in [0.1, 0.15) is 40.0 Å². The Balaban J connectivity index is 3.86. The van der Waals surface area contributed by atoms with Crippen LogP contribution in [0.5, 0.6) is 0 Å². The Morgan fingerprint density at radius 1 is 1.42 bits per heavy atom. The molecule has 0 heterocycles. The third kappa shape index (κ3) is 5.96. The molecule has 0 atom stereocenters. The van der Waals surface area contributed by atoms with Crippen molar-refractivity contribution < 1.29 is 9.90 Å². The molecule has 0 rings (SSSR count). The van der Waals surface area contributed by atoms with Gasteiger partial charge in [-0.2, -0.15) is 0 Å². The van der Waals surface area contributed by atoms with Gasteiger partial charge in [0.2, 0.25) is 0 Å². The Morgan fingerprint density at radius 2 is 2.00 bits per heavy atom. The highest BCUT2D eigenvalue weighted by Gasteiger charge is 2.19. The second kappa shape index (κ2) is 4.96. The Hall–Kier alpha value is -0.790. The largest absolute Gasteiger partial charge is 0.481 e. The van der Waals surface area contributed by atoms with Gasteiger partial charge in [0.1, 0.15) is 0 Å². The number of carboxylic acids is 1. The molecule has 2 heteroatoms. The molecular formula is C10H18O2. The highest BCUT2D eigenvalue weighted by molar-refractivity contribution is 5.67. The number of aliphatic carboxylic acids is 1. The number of carbonyl (C=O) groups is 1. The maximum atomic E-state index is 10.4. The molecular weight excluding hydrogens is 152 g/mol. The lowest BCUT2D eigenvalue weighted by Gasteiger charge is -2.19. The van der Waals surface area contributed by atoms with Gasteiger partial charge in [0, 0.05) is 0 Å². The average Bonchev–Trinajstić information content (AvgIpc) is 1.84. The number of hydrogen-bond donors (Lipinski definition) is 1. The SMILES string of the molecule is CCC=CCC(C)(C)CC(=O)O. The van der Waals surface area contributed by atoms with Crippen LogP contribution in [0.25, 0.3) is 0 Å². The summed E-state index contributed by atoms with van der Waals surface area (Å²) in [5, 5.41) is 8.58. The average molecular weight is 170 g/mol. The fraction of sp³-hybridized carbons (Fsp3) is 0.700. The van der Waals surface area contributed by atoms with Crippen LogP contribution in [-0.2, 0) is 4.79 Å². The van der Waals surface area contributed by atoms with E-state index in [1.807, 2.05) is 13.8 Å². The first-order valence-corrected chi connectivity index (χ1v) is 4.35. The van der Waals surface area contributed by atoms with E-state index < -0.39 is 5.97 Å². The Morgan fingerprint density at radius 3 is 2.42 bits per heavy atom. The molecule has 0 amide bonds. The summed E-state index contributed by atoms with van der Waals surface area (Å²) in [6, 6.07) is 0. The van der Waals surface area contributed by atoms with Crippen LogP contribution in [0.15, 0.2) is 12.2 Å². The molecule has 0 radical (unpaired) electrons. The fourth-order valence-corrected chi connectivity index (χ4v) is 1.05. The van der Waals surface area contributed by atoms with Gasteiger partial charge in [0.05, 0.1) is 6.42 Å². The molecule has 1 N–H and O–H groups in total. The Bertz CT molecular complexity index is 169. The van der Waals surface area contributed by atoms with Gasteiger partial charge in [0.15, 0.2) is 0 Å². The van der Waals surface area contributed by atoms with E-state index in [1.165, 1.54) is 0 Å². The molecule has 0 unspecified atom stereocenters. The summed E-state index contributed by atoms with van der Waals surface area (Å²) in [6.07, 6.45) is 6.23. The molecule has 0 aliphatic carbocycles. The van der Waals surface area contributed by atoms with E-state index in [9.17, 15) is 4.79 Å². The van der Waals surface area contributed by atoms with Crippen molar-refractivity contribution in [3.8, 4) is 0 Å². The van der Waals surface area contributed by atoms with Gasteiger partial charge in [-0.1, -0.05) is 32.9 Å². The van der Waals surface area contributed by atoms with Crippen LogP contribution in [0, 0.1) is 5.41 Å². The molecule has 0 aromatic carbocycles. The Kier molecular flexibility index (Phi) is 4.64. The summed E-state index contributed by atoms with van der Waals surface area (Å²) in [5.74, 6) is -0.718. The quantitative estimate of drug-likeness (QED) is 0.644. The standard InChI is InChI=1S/C10H18O2/c1-4-5-6-7-10(2,3)8-9(11)12/h5-6H,4,7-8H2,1-3H3,(H,11,12). The minimum Gasteiger partial charge on any atom is -0.481 e. The van der Waals surface area contributed by atoms with E-state index in [-0.39, 0.29) is 11.8 Å². The van der Waals surface area contributed by atoms with Crippen LogP contribution in [0.3, 0.4) is 0 Å². The number of carboxylic acid groups (broad SMARTS) is 1. The van der Waals surface area contributed by atoms with Crippen LogP contribution in [0.4, 0.5) is 0 Å². The summed E-state index contributed by atoms with van der Waals surface area (Å²) in [6.45, 7) is 6.02. The van der Waals surface area contributed by atoms with E-state index in [0.717, 1.165) is 12.8 Å². The monoisotopic (exact) mass is 170 g/mol. The smallest absolute Gasteiger partial charge is 0.303 e. The molecule has 0 aromatic heterocycles. The molecule has 0 bridgehead atoms. The predicted octanol–water partition coefficient (Wildman–Crippen LogP) is 2.84. The van der Waals surface area contributed by atoms with Gasteiger partial charge >= 0.3 is 5.97 Å². The van der Waals surface area contributed by atoms with Gasteiger partial charge in [-0.3, -0.25) is 4.79 Å². The van der Waals surface area contributed by atoms with Crippen molar-refractivity contribution in [2.45, 2.75) is 40.0 Å². The normalized spacial score (nSPS) is 12.2. The van der Waals surface area contributed by atoms with Crippen molar-refractivity contribution in [2.75, 3.05) is 0 Å². The lowest BCUT2D eigenvalue weighted by Crippen LogP contribution is -2.15. The first kappa shape index (κ1) is 11.2. The molecule has 0 saturated heterocycles. The molecule has 0 fully saturated rings. The van der Waals surface area contributed by atoms with Crippen molar-refractivity contribution in [1.29, 1.82) is 0 Å². The minimum atomic E-state index is -0.718. The lowest BCUT2D eigenvalue weighted by atomic mass is 9.85. The topological polar surface area (TPSA) is 37.3 Å². The maximum Gasteiger partial charge on any atom is 0.303 e. The summed E-state index contributed by atoms with van der Waals surface area (Å²) in [5.41, 5.74) is -0.114.